The Bertz CT molecular complexity index is 628. The van der Waals surface area contributed by atoms with Gasteiger partial charge in [-0.15, -0.1) is 0 Å². The minimum absolute atomic E-state index is 0.00977. The fraction of sp³-hybridized carbons (Fsp3) is 0. The van der Waals surface area contributed by atoms with E-state index in [0.717, 1.165) is 0 Å². The number of aldehydes is 1. The number of carboxylic acid groups (broad SMARTS) is 1. The molecule has 0 radical (unpaired) electrons. The molecule has 78 valence electrons. The van der Waals surface area contributed by atoms with Crippen molar-refractivity contribution >= 4 is 23.2 Å². The summed E-state index contributed by atoms with van der Waals surface area (Å²) in [6.07, 6.45) is 0.438. The molecule has 1 aromatic carbocycles. The van der Waals surface area contributed by atoms with Crippen molar-refractivity contribution in [1.82, 2.24) is 4.98 Å². The summed E-state index contributed by atoms with van der Waals surface area (Å²) < 4.78 is 0. The number of hydrogen-bond donors (Lipinski definition) is 2. The van der Waals surface area contributed by atoms with Crippen LogP contribution in [0.1, 0.15) is 16.1 Å². The molecule has 1 aromatic heterocycles. The third kappa shape index (κ3) is 1.55. The fourth-order valence-electron chi connectivity index (χ4n) is 1.53. The topological polar surface area (TPSA) is 70.2 Å². The first-order chi connectivity index (χ1) is 7.74. The molecule has 0 amide bonds. The zero-order chi connectivity index (χ0) is 11.5. The second-order valence-electron chi connectivity index (χ2n) is 3.11. The van der Waals surface area contributed by atoms with E-state index in [2.05, 4.69) is 16.8 Å². The average Bonchev–Trinajstić information content (AvgIpc) is 2.65. The predicted molar refractivity (Wildman–Crippen MR) is 58.2 cm³/mol. The molecule has 0 aliphatic heterocycles. The van der Waals surface area contributed by atoms with Gasteiger partial charge in [-0.25, -0.2) is 4.79 Å². The Morgan fingerprint density at radius 1 is 1.38 bits per heavy atom. The highest BCUT2D eigenvalue weighted by Gasteiger charge is 2.14. The van der Waals surface area contributed by atoms with E-state index in [0.29, 0.717) is 22.8 Å². The van der Waals surface area contributed by atoms with E-state index in [-0.39, 0.29) is 5.69 Å². The van der Waals surface area contributed by atoms with E-state index in [1.165, 1.54) is 0 Å². The van der Waals surface area contributed by atoms with Gasteiger partial charge < -0.3 is 10.1 Å². The molecule has 0 spiro atoms. The van der Waals surface area contributed by atoms with Gasteiger partial charge in [0.25, 0.3) is 0 Å². The smallest absolute Gasteiger partial charge is 0.353 e. The van der Waals surface area contributed by atoms with E-state index >= 15 is 0 Å². The number of hydrogen-bond acceptors (Lipinski definition) is 2. The molecule has 0 unspecified atom stereocenters. The number of carbonyl (C=O) groups excluding carboxylic acids is 1. The summed E-state index contributed by atoms with van der Waals surface area (Å²) in [4.78, 5) is 23.9. The monoisotopic (exact) mass is 213 g/mol. The first-order valence-electron chi connectivity index (χ1n) is 4.53. The van der Waals surface area contributed by atoms with Crippen molar-refractivity contribution in [2.24, 2.45) is 0 Å². The van der Waals surface area contributed by atoms with Gasteiger partial charge >= 0.3 is 5.97 Å². The van der Waals surface area contributed by atoms with Crippen LogP contribution < -0.4 is 0 Å². The second-order valence-corrected chi connectivity index (χ2v) is 3.11. The van der Waals surface area contributed by atoms with Crippen LogP contribution in [0.4, 0.5) is 0 Å². The molecule has 0 aliphatic rings. The maximum atomic E-state index is 11.0. The Labute approximate surface area is 90.9 Å². The second kappa shape index (κ2) is 3.91. The fourth-order valence-corrected chi connectivity index (χ4v) is 1.53. The quantitative estimate of drug-likeness (QED) is 0.556. The van der Waals surface area contributed by atoms with Gasteiger partial charge in [-0.2, -0.15) is 0 Å². The van der Waals surface area contributed by atoms with E-state index in [1.807, 2.05) is 0 Å². The number of aromatic carboxylic acids is 1. The number of para-hydroxylation sites is 1. The predicted octanol–water partition coefficient (Wildman–Crippen LogP) is 1.42. The van der Waals surface area contributed by atoms with E-state index in [4.69, 9.17) is 5.11 Å². The summed E-state index contributed by atoms with van der Waals surface area (Å²) in [7, 11) is 0. The van der Waals surface area contributed by atoms with Gasteiger partial charge in [0.15, 0.2) is 6.29 Å². The Kier molecular flexibility index (Phi) is 2.44. The Morgan fingerprint density at radius 2 is 2.12 bits per heavy atom. The molecule has 2 aromatic rings. The van der Waals surface area contributed by atoms with Crippen molar-refractivity contribution in [3.63, 3.8) is 0 Å². The van der Waals surface area contributed by atoms with Crippen LogP contribution >= 0.6 is 0 Å². The van der Waals surface area contributed by atoms with E-state index < -0.39 is 5.97 Å². The zero-order valence-electron chi connectivity index (χ0n) is 8.15. The van der Waals surface area contributed by atoms with Gasteiger partial charge in [-0.1, -0.05) is 24.1 Å². The number of aromatic amines is 1. The minimum atomic E-state index is -1.09. The maximum absolute atomic E-state index is 11.0. The van der Waals surface area contributed by atoms with Crippen LogP contribution in [0.5, 0.6) is 0 Å². The number of H-pyrrole nitrogens is 1. The Morgan fingerprint density at radius 3 is 2.81 bits per heavy atom. The van der Waals surface area contributed by atoms with Crippen LogP contribution in [0.25, 0.3) is 10.9 Å². The zero-order valence-corrected chi connectivity index (χ0v) is 8.15. The van der Waals surface area contributed by atoms with Crippen LogP contribution in [0, 0.1) is 11.8 Å². The van der Waals surface area contributed by atoms with Gasteiger partial charge in [-0.05, 0) is 12.0 Å². The van der Waals surface area contributed by atoms with Gasteiger partial charge in [0.1, 0.15) is 5.69 Å². The Balaban J connectivity index is 2.79. The molecule has 0 atom stereocenters. The maximum Gasteiger partial charge on any atom is 0.353 e. The van der Waals surface area contributed by atoms with Crippen molar-refractivity contribution in [3.05, 3.63) is 35.5 Å². The molecular formula is C12H7NO3. The van der Waals surface area contributed by atoms with Crippen molar-refractivity contribution in [1.29, 1.82) is 0 Å². The number of rotatable bonds is 1. The van der Waals surface area contributed by atoms with Gasteiger partial charge in [-0.3, -0.25) is 4.79 Å². The van der Waals surface area contributed by atoms with Crippen LogP contribution in [-0.2, 0) is 4.79 Å². The van der Waals surface area contributed by atoms with Crippen LogP contribution in [-0.4, -0.2) is 22.3 Å². The average molecular weight is 213 g/mol. The molecule has 0 fully saturated rings. The molecule has 0 saturated carbocycles. The summed E-state index contributed by atoms with van der Waals surface area (Å²) in [5.41, 5.74) is 1.04. The molecule has 4 heteroatoms. The number of carboxylic acids is 1. The summed E-state index contributed by atoms with van der Waals surface area (Å²) in [5.74, 6) is 3.67. The lowest BCUT2D eigenvalue weighted by Crippen LogP contribution is -1.98. The number of aromatic nitrogens is 1. The molecule has 0 bridgehead atoms. The van der Waals surface area contributed by atoms with Crippen LogP contribution in [0.2, 0.25) is 0 Å². The van der Waals surface area contributed by atoms with Gasteiger partial charge in [0.05, 0.1) is 5.56 Å². The van der Waals surface area contributed by atoms with E-state index in [9.17, 15) is 9.59 Å². The van der Waals surface area contributed by atoms with Crippen LogP contribution in [0.15, 0.2) is 24.3 Å². The molecule has 2 N–H and O–H groups in total. The summed E-state index contributed by atoms with van der Waals surface area (Å²) in [6, 6.07) is 7.09. The third-order valence-electron chi connectivity index (χ3n) is 2.18. The van der Waals surface area contributed by atoms with Gasteiger partial charge in [0.2, 0.25) is 0 Å². The summed E-state index contributed by atoms with van der Waals surface area (Å²) in [5, 5.41) is 9.68. The highest BCUT2D eigenvalue weighted by Crippen LogP contribution is 2.21. The highest BCUT2D eigenvalue weighted by molar-refractivity contribution is 6.00. The number of benzene rings is 1. The third-order valence-corrected chi connectivity index (χ3v) is 2.18. The standard InChI is InChI=1S/C12H7NO3/c14-7-3-5-9-8-4-1-2-6-10(8)13-11(9)12(15)16/h1-2,4,6-7,13H,(H,15,16). The number of fused-ring (bicyclic) bond motifs is 1. The molecule has 16 heavy (non-hydrogen) atoms. The number of carbonyl (C=O) groups is 2. The van der Waals surface area contributed by atoms with Crippen molar-refractivity contribution in [2.45, 2.75) is 0 Å². The summed E-state index contributed by atoms with van der Waals surface area (Å²) in [6.45, 7) is 0. The first-order valence-corrected chi connectivity index (χ1v) is 4.53. The van der Waals surface area contributed by atoms with Gasteiger partial charge in [0, 0.05) is 10.9 Å². The van der Waals surface area contributed by atoms with Crippen molar-refractivity contribution in [2.75, 3.05) is 0 Å². The van der Waals surface area contributed by atoms with Crippen molar-refractivity contribution < 1.29 is 14.7 Å². The van der Waals surface area contributed by atoms with E-state index in [1.54, 1.807) is 24.3 Å². The molecule has 1 heterocycles. The number of nitrogens with one attached hydrogen (secondary N) is 1. The Hall–Kier alpha value is -2.54. The molecule has 2 rings (SSSR count). The lowest BCUT2D eigenvalue weighted by molar-refractivity contribution is -0.103. The molecule has 0 saturated heterocycles. The normalized spacial score (nSPS) is 9.50. The molecular weight excluding hydrogens is 206 g/mol. The first kappa shape index (κ1) is 9.99. The lowest BCUT2D eigenvalue weighted by atomic mass is 10.1. The summed E-state index contributed by atoms with van der Waals surface area (Å²) >= 11 is 0. The molecule has 4 nitrogen and oxygen atoms in total. The SMILES string of the molecule is O=CC#Cc1c(C(=O)O)[nH]c2ccccc12. The highest BCUT2D eigenvalue weighted by atomic mass is 16.4. The largest absolute Gasteiger partial charge is 0.477 e. The lowest BCUT2D eigenvalue weighted by Gasteiger charge is -1.89. The minimum Gasteiger partial charge on any atom is -0.477 e. The van der Waals surface area contributed by atoms with Crippen molar-refractivity contribution in [3.8, 4) is 11.8 Å². The molecule has 0 aliphatic carbocycles. The van der Waals surface area contributed by atoms with Crippen LogP contribution in [0.3, 0.4) is 0 Å².